The summed E-state index contributed by atoms with van der Waals surface area (Å²) in [6, 6.07) is 7.15. The minimum Gasteiger partial charge on any atom is -0.392 e. The van der Waals surface area contributed by atoms with Crippen LogP contribution >= 0.6 is 11.3 Å². The number of anilines is 1. The number of hydrogen-bond donors (Lipinski definition) is 2. The van der Waals surface area contributed by atoms with E-state index in [0.29, 0.717) is 5.69 Å². The SMILES string of the molecule is O=C(Cc1cn2ccsc2n1)Nc1cccc(CO)c1. The van der Waals surface area contributed by atoms with Gasteiger partial charge in [-0.05, 0) is 17.7 Å². The third-order valence-electron chi connectivity index (χ3n) is 2.88. The topological polar surface area (TPSA) is 66.6 Å². The lowest BCUT2D eigenvalue weighted by molar-refractivity contribution is -0.115. The van der Waals surface area contributed by atoms with Crippen LogP contribution in [0.15, 0.2) is 42.0 Å². The van der Waals surface area contributed by atoms with Crippen molar-refractivity contribution >= 4 is 27.9 Å². The summed E-state index contributed by atoms with van der Waals surface area (Å²) in [5.74, 6) is -0.120. The molecule has 0 saturated carbocycles. The number of aliphatic hydroxyl groups is 1. The monoisotopic (exact) mass is 287 g/mol. The molecule has 3 rings (SSSR count). The van der Waals surface area contributed by atoms with Gasteiger partial charge < -0.3 is 10.4 Å². The molecular formula is C14H13N3O2S. The van der Waals surface area contributed by atoms with E-state index in [9.17, 15) is 4.79 Å². The van der Waals surface area contributed by atoms with Crippen LogP contribution in [0.5, 0.6) is 0 Å². The number of thiazole rings is 1. The number of carbonyl (C=O) groups excluding carboxylic acids is 1. The Kier molecular flexibility index (Phi) is 3.49. The second-order valence-corrected chi connectivity index (χ2v) is 5.28. The van der Waals surface area contributed by atoms with Crippen LogP contribution in [0.1, 0.15) is 11.3 Å². The average molecular weight is 287 g/mol. The molecule has 0 radical (unpaired) electrons. The van der Waals surface area contributed by atoms with Crippen LogP contribution in [0.2, 0.25) is 0 Å². The van der Waals surface area contributed by atoms with Crippen molar-refractivity contribution in [2.45, 2.75) is 13.0 Å². The lowest BCUT2D eigenvalue weighted by Gasteiger charge is -2.05. The van der Waals surface area contributed by atoms with Crippen LogP contribution in [0.25, 0.3) is 4.96 Å². The maximum atomic E-state index is 12.0. The summed E-state index contributed by atoms with van der Waals surface area (Å²) in [6.45, 7) is -0.0406. The van der Waals surface area contributed by atoms with E-state index in [1.165, 1.54) is 11.3 Å². The van der Waals surface area contributed by atoms with Crippen LogP contribution in [0.4, 0.5) is 5.69 Å². The number of imidazole rings is 1. The fourth-order valence-electron chi connectivity index (χ4n) is 1.98. The fourth-order valence-corrected chi connectivity index (χ4v) is 2.70. The van der Waals surface area contributed by atoms with Crippen LogP contribution in [0.3, 0.4) is 0 Å². The van der Waals surface area contributed by atoms with Crippen LogP contribution in [0, 0.1) is 0 Å². The Bertz CT molecular complexity index is 719. The van der Waals surface area contributed by atoms with Gasteiger partial charge in [-0.1, -0.05) is 12.1 Å². The minimum atomic E-state index is -0.120. The van der Waals surface area contributed by atoms with E-state index in [1.807, 2.05) is 22.2 Å². The van der Waals surface area contributed by atoms with Gasteiger partial charge in [0, 0.05) is 23.5 Å². The van der Waals surface area contributed by atoms with Gasteiger partial charge in [0.05, 0.1) is 18.7 Å². The molecule has 2 aromatic heterocycles. The smallest absolute Gasteiger partial charge is 0.230 e. The van der Waals surface area contributed by atoms with Crippen LogP contribution < -0.4 is 5.32 Å². The molecule has 5 nitrogen and oxygen atoms in total. The summed E-state index contributed by atoms with van der Waals surface area (Å²) in [5, 5.41) is 13.8. The number of nitrogens with zero attached hydrogens (tertiary/aromatic N) is 2. The molecule has 0 atom stereocenters. The maximum Gasteiger partial charge on any atom is 0.230 e. The minimum absolute atomic E-state index is 0.0406. The van der Waals surface area contributed by atoms with E-state index >= 15 is 0 Å². The average Bonchev–Trinajstić information content (AvgIpc) is 2.99. The van der Waals surface area contributed by atoms with Gasteiger partial charge in [-0.2, -0.15) is 0 Å². The zero-order valence-corrected chi connectivity index (χ0v) is 11.4. The van der Waals surface area contributed by atoms with Crippen LogP contribution in [-0.2, 0) is 17.8 Å². The maximum absolute atomic E-state index is 12.0. The number of hydrogen-bond acceptors (Lipinski definition) is 4. The molecule has 0 unspecified atom stereocenters. The Balaban J connectivity index is 1.68. The highest BCUT2D eigenvalue weighted by Crippen LogP contribution is 2.13. The highest BCUT2D eigenvalue weighted by molar-refractivity contribution is 7.15. The number of amides is 1. The van der Waals surface area contributed by atoms with E-state index in [1.54, 1.807) is 24.3 Å². The third-order valence-corrected chi connectivity index (χ3v) is 3.65. The van der Waals surface area contributed by atoms with Crippen molar-refractivity contribution < 1.29 is 9.90 Å². The number of rotatable bonds is 4. The van der Waals surface area contributed by atoms with E-state index in [-0.39, 0.29) is 18.9 Å². The molecule has 102 valence electrons. The zero-order chi connectivity index (χ0) is 13.9. The quantitative estimate of drug-likeness (QED) is 0.772. The first-order valence-electron chi connectivity index (χ1n) is 6.15. The molecule has 0 bridgehead atoms. The number of carbonyl (C=O) groups is 1. The Morgan fingerprint density at radius 2 is 2.35 bits per heavy atom. The predicted molar refractivity (Wildman–Crippen MR) is 77.8 cm³/mol. The molecule has 1 amide bonds. The highest BCUT2D eigenvalue weighted by atomic mass is 32.1. The van der Waals surface area contributed by atoms with Gasteiger partial charge in [0.1, 0.15) is 0 Å². The Labute approximate surface area is 119 Å². The fraction of sp³-hybridized carbons (Fsp3) is 0.143. The molecule has 2 N–H and O–H groups in total. The largest absolute Gasteiger partial charge is 0.392 e. The van der Waals surface area contributed by atoms with Crippen molar-refractivity contribution in [3.63, 3.8) is 0 Å². The van der Waals surface area contributed by atoms with Gasteiger partial charge in [0.2, 0.25) is 5.91 Å². The molecular weight excluding hydrogens is 274 g/mol. The lowest BCUT2D eigenvalue weighted by atomic mass is 10.2. The molecule has 0 fully saturated rings. The Morgan fingerprint density at radius 3 is 3.15 bits per heavy atom. The van der Waals surface area contributed by atoms with Crippen LogP contribution in [-0.4, -0.2) is 20.4 Å². The first-order valence-corrected chi connectivity index (χ1v) is 7.03. The first-order chi connectivity index (χ1) is 9.74. The molecule has 6 heteroatoms. The molecule has 0 spiro atoms. The van der Waals surface area contributed by atoms with Crippen molar-refractivity contribution in [3.05, 3.63) is 53.3 Å². The van der Waals surface area contributed by atoms with Gasteiger partial charge in [-0.15, -0.1) is 11.3 Å². The Morgan fingerprint density at radius 1 is 1.45 bits per heavy atom. The van der Waals surface area contributed by atoms with Crippen molar-refractivity contribution in [3.8, 4) is 0 Å². The normalized spacial score (nSPS) is 10.8. The zero-order valence-electron chi connectivity index (χ0n) is 10.6. The summed E-state index contributed by atoms with van der Waals surface area (Å²) in [6.07, 6.45) is 4.01. The molecule has 0 aliphatic heterocycles. The van der Waals surface area contributed by atoms with Crippen molar-refractivity contribution in [1.29, 1.82) is 0 Å². The predicted octanol–water partition coefficient (Wildman–Crippen LogP) is 2.07. The molecule has 3 aromatic rings. The molecule has 20 heavy (non-hydrogen) atoms. The van der Waals surface area contributed by atoms with E-state index in [0.717, 1.165) is 16.2 Å². The molecule has 1 aromatic carbocycles. The Hall–Kier alpha value is -2.18. The molecule has 0 aliphatic rings. The van der Waals surface area contributed by atoms with Crippen molar-refractivity contribution in [2.75, 3.05) is 5.32 Å². The molecule has 2 heterocycles. The summed E-state index contributed by atoms with van der Waals surface area (Å²) in [5.41, 5.74) is 2.19. The summed E-state index contributed by atoms with van der Waals surface area (Å²) < 4.78 is 1.90. The molecule has 0 aliphatic carbocycles. The second kappa shape index (κ2) is 5.44. The summed E-state index contributed by atoms with van der Waals surface area (Å²) in [4.78, 5) is 17.2. The van der Waals surface area contributed by atoms with E-state index < -0.39 is 0 Å². The summed E-state index contributed by atoms with van der Waals surface area (Å²) in [7, 11) is 0. The van der Waals surface area contributed by atoms with E-state index in [2.05, 4.69) is 10.3 Å². The lowest BCUT2D eigenvalue weighted by Crippen LogP contribution is -2.14. The highest BCUT2D eigenvalue weighted by Gasteiger charge is 2.08. The van der Waals surface area contributed by atoms with Gasteiger partial charge >= 0.3 is 0 Å². The standard InChI is InChI=1S/C14H13N3O2S/c18-9-10-2-1-3-11(6-10)15-13(19)7-12-8-17-4-5-20-14(17)16-12/h1-6,8,18H,7,9H2,(H,15,19). The van der Waals surface area contributed by atoms with Gasteiger partial charge in [0.25, 0.3) is 0 Å². The summed E-state index contributed by atoms with van der Waals surface area (Å²) >= 11 is 1.54. The molecule has 0 saturated heterocycles. The number of nitrogens with one attached hydrogen (secondary N) is 1. The number of aliphatic hydroxyl groups excluding tert-OH is 1. The van der Waals surface area contributed by atoms with Crippen molar-refractivity contribution in [2.24, 2.45) is 0 Å². The van der Waals surface area contributed by atoms with Gasteiger partial charge in [0.15, 0.2) is 4.96 Å². The third kappa shape index (κ3) is 2.71. The van der Waals surface area contributed by atoms with Gasteiger partial charge in [-0.25, -0.2) is 4.98 Å². The van der Waals surface area contributed by atoms with Crippen molar-refractivity contribution in [1.82, 2.24) is 9.38 Å². The first kappa shape index (κ1) is 12.8. The van der Waals surface area contributed by atoms with Gasteiger partial charge in [-0.3, -0.25) is 9.20 Å². The number of aromatic nitrogens is 2. The second-order valence-electron chi connectivity index (χ2n) is 4.41. The number of fused-ring (bicyclic) bond motifs is 1. The number of benzene rings is 1. The van der Waals surface area contributed by atoms with E-state index in [4.69, 9.17) is 5.11 Å².